The maximum absolute atomic E-state index is 11.7. The molecule has 1 saturated heterocycles. The molecule has 0 N–H and O–H groups in total. The molecule has 1 aliphatic rings. The summed E-state index contributed by atoms with van der Waals surface area (Å²) < 4.78 is 33.4. The van der Waals surface area contributed by atoms with E-state index >= 15 is 0 Å². The number of hydrogen-bond acceptors (Lipinski definition) is 9. The van der Waals surface area contributed by atoms with E-state index in [1.165, 1.54) is 20.8 Å². The fourth-order valence-corrected chi connectivity index (χ4v) is 3.57. The van der Waals surface area contributed by atoms with Crippen molar-refractivity contribution in [1.29, 1.82) is 0 Å². The second-order valence-electron chi connectivity index (χ2n) is 6.21. The third-order valence-electron chi connectivity index (χ3n) is 3.96. The molecule has 0 saturated carbocycles. The zero-order chi connectivity index (χ0) is 21.6. The van der Waals surface area contributed by atoms with Crippen LogP contribution in [-0.4, -0.2) is 60.2 Å². The number of hydrogen-bond donors (Lipinski definition) is 0. The third-order valence-corrected chi connectivity index (χ3v) is 4.83. The van der Waals surface area contributed by atoms with Gasteiger partial charge in [-0.25, -0.2) is 0 Å². The van der Waals surface area contributed by atoms with Crippen molar-refractivity contribution in [3.05, 3.63) is 24.3 Å². The monoisotopic (exact) mass is 522 g/mol. The summed E-state index contributed by atoms with van der Waals surface area (Å²) in [4.78, 5) is 35.0. The highest BCUT2D eigenvalue weighted by Gasteiger charge is 2.52. The molecule has 29 heavy (non-hydrogen) atoms. The van der Waals surface area contributed by atoms with Gasteiger partial charge >= 0.3 is 17.9 Å². The molecule has 0 bridgehead atoms. The van der Waals surface area contributed by atoms with Crippen molar-refractivity contribution in [2.75, 3.05) is 11.5 Å². The lowest BCUT2D eigenvalue weighted by atomic mass is 9.99. The van der Waals surface area contributed by atoms with Crippen molar-refractivity contribution < 1.29 is 42.8 Å². The number of carbonyl (C=O) groups excluding carboxylic acids is 3. The van der Waals surface area contributed by atoms with E-state index in [2.05, 4.69) is 22.6 Å². The Morgan fingerprint density at radius 3 is 1.83 bits per heavy atom. The first-order valence-corrected chi connectivity index (χ1v) is 10.3. The number of halogens is 1. The van der Waals surface area contributed by atoms with Crippen LogP contribution in [0.4, 0.5) is 0 Å². The molecule has 0 unspecified atom stereocenters. The summed E-state index contributed by atoms with van der Waals surface area (Å²) in [5.74, 6) is -0.777. The molecule has 0 radical (unpaired) electrons. The van der Waals surface area contributed by atoms with E-state index in [1.807, 2.05) is 0 Å². The Labute approximate surface area is 182 Å². The number of carbonyl (C=O) groups is 3. The number of benzene rings is 1. The van der Waals surface area contributed by atoms with Crippen LogP contribution in [0.1, 0.15) is 20.8 Å². The summed E-state index contributed by atoms with van der Waals surface area (Å²) >= 11 is 2.06. The van der Waals surface area contributed by atoms with Crippen LogP contribution in [-0.2, 0) is 33.3 Å². The largest absolute Gasteiger partial charge is 0.497 e. The van der Waals surface area contributed by atoms with Gasteiger partial charge in [0, 0.05) is 25.2 Å². The van der Waals surface area contributed by atoms with Gasteiger partial charge in [0.25, 0.3) is 0 Å². The van der Waals surface area contributed by atoms with Crippen LogP contribution >= 0.6 is 22.6 Å². The van der Waals surface area contributed by atoms with Gasteiger partial charge in [0.1, 0.15) is 17.6 Å². The van der Waals surface area contributed by atoms with Crippen molar-refractivity contribution >= 4 is 40.5 Å². The first-order chi connectivity index (χ1) is 13.7. The molecule has 5 atom stereocenters. The Kier molecular flexibility index (Phi) is 8.50. The highest BCUT2D eigenvalue weighted by Crippen LogP contribution is 2.31. The molecule has 2 rings (SSSR count). The molecule has 10 heteroatoms. The number of alkyl halides is 1. The fraction of sp³-hybridized carbons (Fsp3) is 0.526. The molecule has 160 valence electrons. The number of methoxy groups -OCH3 is 1. The summed E-state index contributed by atoms with van der Waals surface area (Å²) in [5, 5.41) is 0. The molecule has 1 heterocycles. The summed E-state index contributed by atoms with van der Waals surface area (Å²) in [6.07, 6.45) is -4.96. The van der Waals surface area contributed by atoms with Gasteiger partial charge in [-0.3, -0.25) is 14.4 Å². The van der Waals surface area contributed by atoms with E-state index in [4.69, 9.17) is 28.4 Å². The SMILES string of the molecule is COc1ccc(O[C@H]2O[C@@H](CI)[C@@H](OC(C)=O)[C@H](OC(C)=O)[C@H]2OC(C)=O)cc1. The maximum atomic E-state index is 11.7. The Balaban J connectivity index is 2.37. The minimum Gasteiger partial charge on any atom is -0.497 e. The molecule has 1 aromatic rings. The van der Waals surface area contributed by atoms with Gasteiger partial charge in [-0.2, -0.15) is 0 Å². The summed E-state index contributed by atoms with van der Waals surface area (Å²) in [5.41, 5.74) is 0. The standard InChI is InChI=1S/C19H23IO9/c1-10(21)25-16-15(9-20)29-19(28-14-7-5-13(24-4)6-8-14)18(27-12(3)23)17(16)26-11(2)22/h5-8,15-19H,9H2,1-4H3/t15-,16+,17-,18+,19-/m0/s1. The van der Waals surface area contributed by atoms with Crippen LogP contribution in [0.2, 0.25) is 0 Å². The van der Waals surface area contributed by atoms with Crippen molar-refractivity contribution in [3.63, 3.8) is 0 Å². The number of esters is 3. The highest BCUT2D eigenvalue weighted by molar-refractivity contribution is 14.1. The molecule has 9 nitrogen and oxygen atoms in total. The van der Waals surface area contributed by atoms with E-state index in [9.17, 15) is 14.4 Å². The zero-order valence-electron chi connectivity index (χ0n) is 16.5. The van der Waals surface area contributed by atoms with Crippen LogP contribution in [0.3, 0.4) is 0 Å². The van der Waals surface area contributed by atoms with Gasteiger partial charge in [-0.05, 0) is 24.3 Å². The van der Waals surface area contributed by atoms with Crippen LogP contribution in [0, 0.1) is 0 Å². The smallest absolute Gasteiger partial charge is 0.303 e. The normalized spacial score (nSPS) is 26.2. The van der Waals surface area contributed by atoms with Crippen LogP contribution < -0.4 is 9.47 Å². The highest BCUT2D eigenvalue weighted by atomic mass is 127. The first kappa shape index (κ1) is 23.2. The summed E-state index contributed by atoms with van der Waals surface area (Å²) in [6, 6.07) is 6.70. The second kappa shape index (κ2) is 10.6. The van der Waals surface area contributed by atoms with Gasteiger partial charge in [-0.1, -0.05) is 22.6 Å². The fourth-order valence-electron chi connectivity index (χ4n) is 2.86. The lowest BCUT2D eigenvalue weighted by Gasteiger charge is -2.43. The number of ether oxygens (including phenoxy) is 6. The summed E-state index contributed by atoms with van der Waals surface area (Å²) in [6.45, 7) is 3.65. The maximum Gasteiger partial charge on any atom is 0.303 e. The van der Waals surface area contributed by atoms with E-state index in [1.54, 1.807) is 31.4 Å². The lowest BCUT2D eigenvalue weighted by molar-refractivity contribution is -0.279. The van der Waals surface area contributed by atoms with E-state index in [-0.39, 0.29) is 0 Å². The van der Waals surface area contributed by atoms with Gasteiger partial charge in [0.15, 0.2) is 12.2 Å². The number of rotatable bonds is 7. The zero-order valence-corrected chi connectivity index (χ0v) is 18.6. The van der Waals surface area contributed by atoms with Crippen LogP contribution in [0.25, 0.3) is 0 Å². The van der Waals surface area contributed by atoms with Gasteiger partial charge in [0.05, 0.1) is 7.11 Å². The minimum atomic E-state index is -1.15. The molecule has 0 spiro atoms. The molecule has 1 aliphatic heterocycles. The van der Waals surface area contributed by atoms with E-state index in [0.717, 1.165) is 0 Å². The van der Waals surface area contributed by atoms with Gasteiger partial charge in [-0.15, -0.1) is 0 Å². The predicted octanol–water partition coefficient (Wildman–Crippen LogP) is 2.03. The Morgan fingerprint density at radius 1 is 0.862 bits per heavy atom. The van der Waals surface area contributed by atoms with E-state index < -0.39 is 48.6 Å². The molecule has 0 aliphatic carbocycles. The average molecular weight is 522 g/mol. The molecule has 0 aromatic heterocycles. The Bertz CT molecular complexity index is 721. The predicted molar refractivity (Wildman–Crippen MR) is 108 cm³/mol. The Hall–Kier alpha value is -2.08. The lowest BCUT2D eigenvalue weighted by Crippen LogP contribution is -2.63. The van der Waals surface area contributed by atoms with Crippen molar-refractivity contribution in [2.45, 2.75) is 51.5 Å². The molecule has 1 fully saturated rings. The third kappa shape index (κ3) is 6.46. The van der Waals surface area contributed by atoms with Crippen molar-refractivity contribution in [3.8, 4) is 11.5 Å². The quantitative estimate of drug-likeness (QED) is 0.230. The van der Waals surface area contributed by atoms with Gasteiger partial charge in [0.2, 0.25) is 12.4 Å². The van der Waals surface area contributed by atoms with Crippen molar-refractivity contribution in [2.24, 2.45) is 0 Å². The van der Waals surface area contributed by atoms with Crippen LogP contribution in [0.5, 0.6) is 11.5 Å². The summed E-state index contributed by atoms with van der Waals surface area (Å²) in [7, 11) is 1.54. The molecular weight excluding hydrogens is 499 g/mol. The average Bonchev–Trinajstić information content (AvgIpc) is 2.65. The van der Waals surface area contributed by atoms with Gasteiger partial charge < -0.3 is 28.4 Å². The Morgan fingerprint density at radius 2 is 1.34 bits per heavy atom. The van der Waals surface area contributed by atoms with Crippen molar-refractivity contribution in [1.82, 2.24) is 0 Å². The van der Waals surface area contributed by atoms with Crippen LogP contribution in [0.15, 0.2) is 24.3 Å². The first-order valence-electron chi connectivity index (χ1n) is 8.79. The van der Waals surface area contributed by atoms with E-state index in [0.29, 0.717) is 15.9 Å². The molecule has 1 aromatic carbocycles. The molecular formula is C19H23IO9. The second-order valence-corrected chi connectivity index (χ2v) is 7.09. The minimum absolute atomic E-state index is 0.405. The molecule has 0 amide bonds. The topological polar surface area (TPSA) is 107 Å².